The van der Waals surface area contributed by atoms with Crippen LogP contribution in [0.4, 0.5) is 19.3 Å². The van der Waals surface area contributed by atoms with Crippen molar-refractivity contribution in [2.45, 2.75) is 6.54 Å². The zero-order valence-corrected chi connectivity index (χ0v) is 10.2. The maximum Gasteiger partial charge on any atom is 0.319 e. The van der Waals surface area contributed by atoms with Crippen molar-refractivity contribution in [3.05, 3.63) is 47.8 Å². The van der Waals surface area contributed by atoms with E-state index in [1.165, 1.54) is 0 Å². The fraction of sp³-hybridized carbons (Fsp3) is 0.167. The first kappa shape index (κ1) is 13.0. The molecule has 0 aliphatic carbocycles. The number of nitrogens with one attached hydrogen (secondary N) is 2. The van der Waals surface area contributed by atoms with Crippen molar-refractivity contribution in [1.82, 2.24) is 15.1 Å². The highest BCUT2D eigenvalue weighted by atomic mass is 19.1. The SMILES string of the molecule is Cn1cc(CNC(=O)Nc2ccc(F)cc2F)cn1. The Labute approximate surface area is 108 Å². The quantitative estimate of drug-likeness (QED) is 0.893. The highest BCUT2D eigenvalue weighted by Crippen LogP contribution is 2.14. The monoisotopic (exact) mass is 266 g/mol. The van der Waals surface area contributed by atoms with Gasteiger partial charge < -0.3 is 10.6 Å². The molecular formula is C12H12F2N4O. The van der Waals surface area contributed by atoms with E-state index in [0.29, 0.717) is 6.07 Å². The number of hydrogen-bond acceptors (Lipinski definition) is 2. The first-order valence-electron chi connectivity index (χ1n) is 5.52. The summed E-state index contributed by atoms with van der Waals surface area (Å²) in [4.78, 5) is 11.5. The van der Waals surface area contributed by atoms with Crippen LogP contribution in [0.2, 0.25) is 0 Å². The van der Waals surface area contributed by atoms with Gasteiger partial charge in [-0.1, -0.05) is 0 Å². The molecule has 2 rings (SSSR count). The van der Waals surface area contributed by atoms with Crippen molar-refractivity contribution in [2.24, 2.45) is 7.05 Å². The van der Waals surface area contributed by atoms with Crippen LogP contribution in [0.25, 0.3) is 0 Å². The lowest BCUT2D eigenvalue weighted by Crippen LogP contribution is -2.28. The Morgan fingerprint density at radius 3 is 2.84 bits per heavy atom. The molecule has 0 aliphatic rings. The molecule has 5 nitrogen and oxygen atoms in total. The minimum absolute atomic E-state index is 0.0786. The van der Waals surface area contributed by atoms with E-state index in [4.69, 9.17) is 0 Å². The zero-order chi connectivity index (χ0) is 13.8. The van der Waals surface area contributed by atoms with Gasteiger partial charge in [-0.25, -0.2) is 13.6 Å². The smallest absolute Gasteiger partial charge is 0.319 e. The average molecular weight is 266 g/mol. The van der Waals surface area contributed by atoms with E-state index in [0.717, 1.165) is 17.7 Å². The number of carbonyl (C=O) groups excluding carboxylic acids is 1. The Kier molecular flexibility index (Phi) is 3.74. The summed E-state index contributed by atoms with van der Waals surface area (Å²) in [6.45, 7) is 0.266. The molecule has 1 heterocycles. The molecule has 0 bridgehead atoms. The first-order valence-corrected chi connectivity index (χ1v) is 5.52. The largest absolute Gasteiger partial charge is 0.334 e. The molecule has 0 spiro atoms. The average Bonchev–Trinajstić information content (AvgIpc) is 2.76. The van der Waals surface area contributed by atoms with Gasteiger partial charge in [-0.2, -0.15) is 5.10 Å². The van der Waals surface area contributed by atoms with Crippen LogP contribution in [-0.2, 0) is 13.6 Å². The van der Waals surface area contributed by atoms with Gasteiger partial charge in [0.2, 0.25) is 0 Å². The van der Waals surface area contributed by atoms with Crippen LogP contribution in [0.5, 0.6) is 0 Å². The topological polar surface area (TPSA) is 59.0 Å². The Balaban J connectivity index is 1.90. The van der Waals surface area contributed by atoms with Gasteiger partial charge in [0.25, 0.3) is 0 Å². The predicted molar refractivity (Wildman–Crippen MR) is 65.4 cm³/mol. The number of rotatable bonds is 3. The molecule has 19 heavy (non-hydrogen) atoms. The molecule has 1 aromatic heterocycles. The van der Waals surface area contributed by atoms with Gasteiger partial charge in [0, 0.05) is 31.4 Å². The maximum absolute atomic E-state index is 13.3. The van der Waals surface area contributed by atoms with E-state index in [-0.39, 0.29) is 12.2 Å². The van der Waals surface area contributed by atoms with E-state index in [1.807, 2.05) is 0 Å². The third-order valence-corrected chi connectivity index (χ3v) is 2.39. The van der Waals surface area contributed by atoms with Crippen LogP contribution >= 0.6 is 0 Å². The molecule has 100 valence electrons. The number of amides is 2. The van der Waals surface area contributed by atoms with E-state index in [2.05, 4.69) is 15.7 Å². The molecule has 0 atom stereocenters. The Morgan fingerprint density at radius 2 is 2.21 bits per heavy atom. The van der Waals surface area contributed by atoms with E-state index in [9.17, 15) is 13.6 Å². The molecule has 0 radical (unpaired) electrons. The van der Waals surface area contributed by atoms with Crippen LogP contribution < -0.4 is 10.6 Å². The molecular weight excluding hydrogens is 254 g/mol. The summed E-state index contributed by atoms with van der Waals surface area (Å²) < 4.78 is 27.6. The van der Waals surface area contributed by atoms with E-state index >= 15 is 0 Å². The Hall–Kier alpha value is -2.44. The standard InChI is InChI=1S/C12H12F2N4O/c1-18-7-8(6-16-18)5-15-12(19)17-11-3-2-9(13)4-10(11)14/h2-4,6-7H,5H2,1H3,(H2,15,17,19). The predicted octanol–water partition coefficient (Wildman–Crippen LogP) is 2.02. The number of aromatic nitrogens is 2. The number of urea groups is 1. The molecule has 1 aromatic carbocycles. The van der Waals surface area contributed by atoms with Crippen molar-refractivity contribution in [3.63, 3.8) is 0 Å². The van der Waals surface area contributed by atoms with E-state index < -0.39 is 17.7 Å². The van der Waals surface area contributed by atoms with Crippen LogP contribution in [0.3, 0.4) is 0 Å². The van der Waals surface area contributed by atoms with Crippen molar-refractivity contribution < 1.29 is 13.6 Å². The second kappa shape index (κ2) is 5.47. The van der Waals surface area contributed by atoms with Gasteiger partial charge in [0.05, 0.1) is 11.9 Å². The van der Waals surface area contributed by atoms with Crippen molar-refractivity contribution in [1.29, 1.82) is 0 Å². The molecule has 2 amide bonds. The highest BCUT2D eigenvalue weighted by molar-refractivity contribution is 5.89. The second-order valence-electron chi connectivity index (χ2n) is 3.95. The Morgan fingerprint density at radius 1 is 1.42 bits per heavy atom. The third-order valence-electron chi connectivity index (χ3n) is 2.39. The van der Waals surface area contributed by atoms with Crippen molar-refractivity contribution >= 4 is 11.7 Å². The fourth-order valence-corrected chi connectivity index (χ4v) is 1.50. The normalized spacial score (nSPS) is 10.3. The minimum atomic E-state index is -0.823. The summed E-state index contributed by atoms with van der Waals surface area (Å²) >= 11 is 0. The van der Waals surface area contributed by atoms with E-state index in [1.54, 1.807) is 24.1 Å². The molecule has 0 fully saturated rings. The maximum atomic E-state index is 13.3. The van der Waals surface area contributed by atoms with Gasteiger partial charge >= 0.3 is 6.03 Å². The molecule has 2 aromatic rings. The molecule has 0 unspecified atom stereocenters. The summed E-state index contributed by atoms with van der Waals surface area (Å²) in [6.07, 6.45) is 3.36. The molecule has 2 N–H and O–H groups in total. The van der Waals surface area contributed by atoms with Crippen LogP contribution in [-0.4, -0.2) is 15.8 Å². The van der Waals surface area contributed by atoms with Crippen molar-refractivity contribution in [3.8, 4) is 0 Å². The number of anilines is 1. The summed E-state index contributed by atoms with van der Waals surface area (Å²) in [6, 6.07) is 2.36. The number of halogens is 2. The fourth-order valence-electron chi connectivity index (χ4n) is 1.50. The lowest BCUT2D eigenvalue weighted by molar-refractivity contribution is 0.251. The highest BCUT2D eigenvalue weighted by Gasteiger charge is 2.07. The lowest BCUT2D eigenvalue weighted by atomic mass is 10.3. The molecule has 0 saturated carbocycles. The molecule has 0 aliphatic heterocycles. The minimum Gasteiger partial charge on any atom is -0.334 e. The number of nitrogens with zero attached hydrogens (tertiary/aromatic N) is 2. The summed E-state index contributed by atoms with van der Waals surface area (Å²) in [7, 11) is 1.76. The summed E-state index contributed by atoms with van der Waals surface area (Å²) in [5.41, 5.74) is 0.738. The number of benzene rings is 1. The van der Waals surface area contributed by atoms with Gasteiger partial charge in [-0.3, -0.25) is 4.68 Å². The van der Waals surface area contributed by atoms with Gasteiger partial charge in [0.15, 0.2) is 0 Å². The molecule has 0 saturated heterocycles. The van der Waals surface area contributed by atoms with Gasteiger partial charge in [-0.05, 0) is 12.1 Å². The van der Waals surface area contributed by atoms with Gasteiger partial charge in [0.1, 0.15) is 11.6 Å². The van der Waals surface area contributed by atoms with Crippen molar-refractivity contribution in [2.75, 3.05) is 5.32 Å². The zero-order valence-electron chi connectivity index (χ0n) is 10.2. The number of hydrogen-bond donors (Lipinski definition) is 2. The summed E-state index contributed by atoms with van der Waals surface area (Å²) in [5, 5.41) is 8.78. The summed E-state index contributed by atoms with van der Waals surface area (Å²) in [5.74, 6) is -1.52. The lowest BCUT2D eigenvalue weighted by Gasteiger charge is -2.07. The number of aryl methyl sites for hydroxylation is 1. The van der Waals surface area contributed by atoms with Crippen LogP contribution in [0.15, 0.2) is 30.6 Å². The van der Waals surface area contributed by atoms with Crippen LogP contribution in [0, 0.1) is 11.6 Å². The second-order valence-corrected chi connectivity index (χ2v) is 3.95. The number of carbonyl (C=O) groups is 1. The third kappa shape index (κ3) is 3.51. The van der Waals surface area contributed by atoms with Crippen LogP contribution in [0.1, 0.15) is 5.56 Å². The first-order chi connectivity index (χ1) is 9.04. The molecule has 7 heteroatoms. The Bertz CT molecular complexity index is 597. The van der Waals surface area contributed by atoms with Gasteiger partial charge in [-0.15, -0.1) is 0 Å².